The third kappa shape index (κ3) is 4.32. The Hall–Kier alpha value is -2.60. The molecule has 0 aliphatic heterocycles. The lowest BCUT2D eigenvalue weighted by Gasteiger charge is -2.17. The predicted molar refractivity (Wildman–Crippen MR) is 99.9 cm³/mol. The van der Waals surface area contributed by atoms with Crippen molar-refractivity contribution in [1.82, 2.24) is 0 Å². The average molecular weight is 372 g/mol. The van der Waals surface area contributed by atoms with Crippen LogP contribution in [0.3, 0.4) is 0 Å². The highest BCUT2D eigenvalue weighted by atomic mass is 32.2. The van der Waals surface area contributed by atoms with E-state index in [4.69, 9.17) is 18.3 Å². The number of ether oxygens (including phenoxy) is 2. The number of rotatable bonds is 9. The first kappa shape index (κ1) is 18.2. The number of hydrogen-bond acceptors (Lipinski definition) is 6. The quantitative estimate of drug-likeness (QED) is 0.485. The van der Waals surface area contributed by atoms with Crippen LogP contribution in [0.15, 0.2) is 63.8 Å². The maximum atomic E-state index is 12.5. The van der Waals surface area contributed by atoms with E-state index in [1.165, 1.54) is 6.26 Å². The zero-order valence-electron chi connectivity index (χ0n) is 14.6. The molecular formula is C20H20O5S. The minimum Gasteiger partial charge on any atom is -0.493 e. The van der Waals surface area contributed by atoms with Gasteiger partial charge in [-0.3, -0.25) is 4.79 Å². The Labute approximate surface area is 156 Å². The van der Waals surface area contributed by atoms with Crippen LogP contribution in [-0.4, -0.2) is 20.0 Å². The van der Waals surface area contributed by atoms with E-state index in [0.717, 1.165) is 11.3 Å². The molecule has 2 aromatic heterocycles. The van der Waals surface area contributed by atoms with Crippen LogP contribution in [-0.2, 0) is 5.75 Å². The van der Waals surface area contributed by atoms with Gasteiger partial charge in [-0.1, -0.05) is 6.07 Å². The fourth-order valence-electron chi connectivity index (χ4n) is 2.61. The summed E-state index contributed by atoms with van der Waals surface area (Å²) in [5.41, 5.74) is 0.985. The van der Waals surface area contributed by atoms with Crippen molar-refractivity contribution in [2.24, 2.45) is 0 Å². The molecule has 0 radical (unpaired) electrons. The van der Waals surface area contributed by atoms with Crippen LogP contribution >= 0.6 is 11.8 Å². The molecule has 136 valence electrons. The van der Waals surface area contributed by atoms with Crippen molar-refractivity contribution in [3.05, 3.63) is 72.1 Å². The third-order valence-corrected chi connectivity index (χ3v) is 5.25. The van der Waals surface area contributed by atoms with E-state index >= 15 is 0 Å². The summed E-state index contributed by atoms with van der Waals surface area (Å²) in [6.07, 6.45) is 3.47. The molecule has 0 aliphatic carbocycles. The van der Waals surface area contributed by atoms with Crippen LogP contribution in [0, 0.1) is 0 Å². The van der Waals surface area contributed by atoms with Crippen LogP contribution in [0.5, 0.6) is 11.5 Å². The van der Waals surface area contributed by atoms with Gasteiger partial charge in [0.15, 0.2) is 23.0 Å². The number of carbonyl (C=O) groups is 1. The van der Waals surface area contributed by atoms with Gasteiger partial charge in [0, 0.05) is 11.7 Å². The maximum Gasteiger partial charge on any atom is 0.199 e. The molecule has 3 aromatic rings. The first-order valence-corrected chi connectivity index (χ1v) is 9.18. The highest BCUT2D eigenvalue weighted by Crippen LogP contribution is 2.39. The van der Waals surface area contributed by atoms with E-state index in [0.29, 0.717) is 29.4 Å². The largest absolute Gasteiger partial charge is 0.493 e. The van der Waals surface area contributed by atoms with E-state index in [9.17, 15) is 4.79 Å². The molecule has 2 heterocycles. The van der Waals surface area contributed by atoms with Crippen molar-refractivity contribution >= 4 is 17.5 Å². The molecule has 0 unspecified atom stereocenters. The van der Waals surface area contributed by atoms with Crippen LogP contribution in [0.1, 0.15) is 33.5 Å². The Kier molecular flexibility index (Phi) is 6.07. The van der Waals surface area contributed by atoms with Gasteiger partial charge in [0.25, 0.3) is 0 Å². The molecule has 1 aromatic carbocycles. The summed E-state index contributed by atoms with van der Waals surface area (Å²) in [4.78, 5) is 12.5. The third-order valence-electron chi connectivity index (χ3n) is 3.95. The van der Waals surface area contributed by atoms with Crippen molar-refractivity contribution in [3.63, 3.8) is 0 Å². The second-order valence-corrected chi connectivity index (χ2v) is 6.79. The van der Waals surface area contributed by atoms with E-state index < -0.39 is 0 Å². The molecule has 1 atom stereocenters. The predicted octanol–water partition coefficient (Wildman–Crippen LogP) is 5.14. The lowest BCUT2D eigenvalue weighted by molar-refractivity contribution is 0.0955. The summed E-state index contributed by atoms with van der Waals surface area (Å²) in [7, 11) is 3.20. The number of furan rings is 2. The molecule has 6 heteroatoms. The van der Waals surface area contributed by atoms with Crippen LogP contribution in [0.25, 0.3) is 0 Å². The lowest BCUT2D eigenvalue weighted by Crippen LogP contribution is -2.05. The molecule has 0 fully saturated rings. The van der Waals surface area contributed by atoms with E-state index in [2.05, 4.69) is 0 Å². The van der Waals surface area contributed by atoms with Crippen molar-refractivity contribution in [2.45, 2.75) is 17.4 Å². The molecule has 0 saturated heterocycles. The van der Waals surface area contributed by atoms with Crippen molar-refractivity contribution in [3.8, 4) is 11.5 Å². The van der Waals surface area contributed by atoms with E-state index in [1.54, 1.807) is 44.4 Å². The Bertz CT molecular complexity index is 824. The molecule has 0 aliphatic rings. The van der Waals surface area contributed by atoms with E-state index in [1.807, 2.05) is 30.3 Å². The first-order chi connectivity index (χ1) is 12.7. The summed E-state index contributed by atoms with van der Waals surface area (Å²) >= 11 is 1.64. The zero-order valence-corrected chi connectivity index (χ0v) is 15.5. The summed E-state index contributed by atoms with van der Waals surface area (Å²) in [6, 6.07) is 12.9. The Morgan fingerprint density at radius 1 is 1.04 bits per heavy atom. The summed E-state index contributed by atoms with van der Waals surface area (Å²) in [5, 5.41) is -0.0718. The van der Waals surface area contributed by atoms with Gasteiger partial charge >= 0.3 is 0 Å². The van der Waals surface area contributed by atoms with Crippen LogP contribution in [0.4, 0.5) is 0 Å². The van der Waals surface area contributed by atoms with Gasteiger partial charge in [0.05, 0.1) is 32.5 Å². The van der Waals surface area contributed by atoms with Gasteiger partial charge < -0.3 is 18.3 Å². The number of carbonyl (C=O) groups excluding carboxylic acids is 1. The van der Waals surface area contributed by atoms with Gasteiger partial charge in [0.1, 0.15) is 5.76 Å². The Morgan fingerprint density at radius 3 is 2.46 bits per heavy atom. The molecule has 0 bridgehead atoms. The van der Waals surface area contributed by atoms with Crippen molar-refractivity contribution in [1.29, 1.82) is 0 Å². The monoisotopic (exact) mass is 372 g/mol. The smallest absolute Gasteiger partial charge is 0.199 e. The molecule has 0 saturated carbocycles. The van der Waals surface area contributed by atoms with Gasteiger partial charge in [-0.05, 0) is 42.0 Å². The minimum absolute atomic E-state index is 0.0401. The molecule has 0 amide bonds. The minimum atomic E-state index is -0.0718. The SMILES string of the molecule is COc1ccc([C@@H](CC(=O)c2ccco2)SCc2ccco2)cc1OC. The summed E-state index contributed by atoms with van der Waals surface area (Å²) < 4.78 is 21.4. The summed E-state index contributed by atoms with van der Waals surface area (Å²) in [5.74, 6) is 3.15. The number of thioether (sulfide) groups is 1. The molecule has 5 nitrogen and oxygen atoms in total. The number of ketones is 1. The number of benzene rings is 1. The topological polar surface area (TPSA) is 61.8 Å². The van der Waals surface area contributed by atoms with Crippen molar-refractivity contribution in [2.75, 3.05) is 14.2 Å². The number of Topliss-reactive ketones (excluding diaryl/α,β-unsaturated/α-hetero) is 1. The molecular weight excluding hydrogens is 352 g/mol. The van der Waals surface area contributed by atoms with Crippen LogP contribution < -0.4 is 9.47 Å². The average Bonchev–Trinajstić information content (AvgIpc) is 3.38. The maximum absolute atomic E-state index is 12.5. The zero-order chi connectivity index (χ0) is 18.4. The second-order valence-electron chi connectivity index (χ2n) is 5.60. The van der Waals surface area contributed by atoms with Crippen molar-refractivity contribution < 1.29 is 23.1 Å². The van der Waals surface area contributed by atoms with Crippen LogP contribution in [0.2, 0.25) is 0 Å². The van der Waals surface area contributed by atoms with Gasteiger partial charge in [-0.25, -0.2) is 0 Å². The standard InChI is InChI=1S/C20H20O5S/c1-22-18-8-7-14(11-19(18)23-2)20(26-13-15-5-3-9-24-15)12-16(21)17-6-4-10-25-17/h3-11,20H,12-13H2,1-2H3/t20-/m1/s1. The number of hydrogen-bond donors (Lipinski definition) is 0. The molecule has 0 spiro atoms. The second kappa shape index (κ2) is 8.67. The first-order valence-electron chi connectivity index (χ1n) is 8.14. The Morgan fingerprint density at radius 2 is 1.81 bits per heavy atom. The molecule has 26 heavy (non-hydrogen) atoms. The fourth-order valence-corrected chi connectivity index (χ4v) is 3.75. The highest BCUT2D eigenvalue weighted by molar-refractivity contribution is 7.98. The lowest BCUT2D eigenvalue weighted by atomic mass is 10.1. The highest BCUT2D eigenvalue weighted by Gasteiger charge is 2.21. The van der Waals surface area contributed by atoms with Gasteiger partial charge in [-0.2, -0.15) is 0 Å². The number of methoxy groups -OCH3 is 2. The van der Waals surface area contributed by atoms with Gasteiger partial charge in [-0.15, -0.1) is 11.8 Å². The Balaban J connectivity index is 1.82. The van der Waals surface area contributed by atoms with Gasteiger partial charge in [0.2, 0.25) is 0 Å². The van der Waals surface area contributed by atoms with E-state index in [-0.39, 0.29) is 11.0 Å². The molecule has 3 rings (SSSR count). The summed E-state index contributed by atoms with van der Waals surface area (Å²) in [6.45, 7) is 0. The molecule has 0 N–H and O–H groups in total. The fraction of sp³-hybridized carbons (Fsp3) is 0.250. The normalized spacial score (nSPS) is 11.9.